The summed E-state index contributed by atoms with van der Waals surface area (Å²) < 4.78 is 5.18. The Labute approximate surface area is 83.9 Å². The summed E-state index contributed by atoms with van der Waals surface area (Å²) in [4.78, 5) is 11.3. The number of carbonyl (C=O) groups excluding carboxylic acids is 1. The molecule has 0 saturated carbocycles. The fraction of sp³-hybridized carbons (Fsp3) is 0.417. The lowest BCUT2D eigenvalue weighted by atomic mass is 9.79. The van der Waals surface area contributed by atoms with Crippen LogP contribution in [-0.2, 0) is 10.2 Å². The summed E-state index contributed by atoms with van der Waals surface area (Å²) in [6, 6.07) is 5.94. The number of carbonyl (C=O) groups is 1. The molecule has 0 bridgehead atoms. The van der Waals surface area contributed by atoms with Crippen LogP contribution in [0.1, 0.15) is 31.4 Å². The van der Waals surface area contributed by atoms with E-state index in [0.29, 0.717) is 6.42 Å². The van der Waals surface area contributed by atoms with Crippen LogP contribution in [0.15, 0.2) is 18.2 Å². The highest BCUT2D eigenvalue weighted by molar-refractivity contribution is 5.77. The number of fused-ring (bicyclic) bond motifs is 1. The maximum absolute atomic E-state index is 11.3. The summed E-state index contributed by atoms with van der Waals surface area (Å²) in [5, 5.41) is 0. The number of hydrogen-bond acceptors (Lipinski definition) is 2. The quantitative estimate of drug-likeness (QED) is 0.464. The summed E-state index contributed by atoms with van der Waals surface area (Å²) in [6.45, 7) is 6.20. The second-order valence-corrected chi connectivity index (χ2v) is 4.53. The van der Waals surface area contributed by atoms with Crippen molar-refractivity contribution in [1.82, 2.24) is 0 Å². The number of esters is 1. The third-order valence-electron chi connectivity index (χ3n) is 2.67. The normalized spacial score (nSPS) is 18.6. The van der Waals surface area contributed by atoms with Crippen molar-refractivity contribution in [2.24, 2.45) is 0 Å². The highest BCUT2D eigenvalue weighted by atomic mass is 16.5. The first-order valence-electron chi connectivity index (χ1n) is 4.81. The predicted octanol–water partition coefficient (Wildman–Crippen LogP) is 2.58. The van der Waals surface area contributed by atoms with E-state index in [1.54, 1.807) is 0 Å². The van der Waals surface area contributed by atoms with Crippen LogP contribution in [0.3, 0.4) is 0 Å². The van der Waals surface area contributed by atoms with Gasteiger partial charge in [0.1, 0.15) is 5.75 Å². The highest BCUT2D eigenvalue weighted by Gasteiger charge is 2.33. The van der Waals surface area contributed by atoms with Crippen LogP contribution < -0.4 is 4.74 Å². The zero-order valence-electron chi connectivity index (χ0n) is 8.76. The van der Waals surface area contributed by atoms with Crippen LogP contribution in [0.5, 0.6) is 5.75 Å². The molecule has 0 unspecified atom stereocenters. The fourth-order valence-corrected chi connectivity index (χ4v) is 1.88. The molecule has 14 heavy (non-hydrogen) atoms. The molecule has 2 nitrogen and oxygen atoms in total. The van der Waals surface area contributed by atoms with Gasteiger partial charge in [0, 0.05) is 11.0 Å². The van der Waals surface area contributed by atoms with Gasteiger partial charge in [-0.25, -0.2) is 0 Å². The molecule has 0 aromatic heterocycles. The molecule has 0 radical (unpaired) electrons. The molecule has 0 atom stereocenters. The molecule has 0 amide bonds. The first-order chi connectivity index (χ1) is 6.49. The number of ether oxygens (including phenoxy) is 1. The first kappa shape index (κ1) is 9.25. The molecule has 0 aliphatic carbocycles. The maximum atomic E-state index is 11.3. The van der Waals surface area contributed by atoms with Crippen molar-refractivity contribution in [3.8, 4) is 5.75 Å². The van der Waals surface area contributed by atoms with Gasteiger partial charge in [-0.2, -0.15) is 0 Å². The third-order valence-corrected chi connectivity index (χ3v) is 2.67. The van der Waals surface area contributed by atoms with Crippen LogP contribution in [0.2, 0.25) is 0 Å². The average Bonchev–Trinajstić information content (AvgIpc) is 2.05. The molecular formula is C12H14O2. The molecule has 2 rings (SSSR count). The van der Waals surface area contributed by atoms with E-state index in [-0.39, 0.29) is 11.4 Å². The van der Waals surface area contributed by atoms with Crippen molar-refractivity contribution in [3.63, 3.8) is 0 Å². The lowest BCUT2D eigenvalue weighted by molar-refractivity contribution is -0.136. The molecule has 2 heteroatoms. The van der Waals surface area contributed by atoms with Crippen molar-refractivity contribution >= 4 is 5.97 Å². The number of benzene rings is 1. The first-order valence-corrected chi connectivity index (χ1v) is 4.81. The summed E-state index contributed by atoms with van der Waals surface area (Å²) in [5.74, 6) is 0.586. The summed E-state index contributed by atoms with van der Waals surface area (Å²) in [7, 11) is 0. The SMILES string of the molecule is Cc1ccc2c(c1)C(C)(C)CC(=O)O2. The standard InChI is InChI=1S/C12H14O2/c1-8-4-5-10-9(6-8)12(2,3)7-11(13)14-10/h4-6H,7H2,1-3H3. The minimum Gasteiger partial charge on any atom is -0.426 e. The number of aryl methyl sites for hydroxylation is 1. The van der Waals surface area contributed by atoms with Crippen molar-refractivity contribution in [1.29, 1.82) is 0 Å². The molecule has 1 aromatic rings. The minimum absolute atomic E-state index is 0.101. The van der Waals surface area contributed by atoms with Crippen molar-refractivity contribution in [2.75, 3.05) is 0 Å². The molecule has 1 aromatic carbocycles. The van der Waals surface area contributed by atoms with Crippen LogP contribution in [0, 0.1) is 6.92 Å². The summed E-state index contributed by atoms with van der Waals surface area (Å²) in [5.41, 5.74) is 2.24. The average molecular weight is 190 g/mol. The second-order valence-electron chi connectivity index (χ2n) is 4.53. The van der Waals surface area contributed by atoms with E-state index in [0.717, 1.165) is 11.3 Å². The molecule has 1 aliphatic heterocycles. The molecule has 74 valence electrons. The van der Waals surface area contributed by atoms with Gasteiger partial charge in [-0.3, -0.25) is 4.79 Å². The van der Waals surface area contributed by atoms with Crippen LogP contribution in [0.25, 0.3) is 0 Å². The predicted molar refractivity (Wildman–Crippen MR) is 54.5 cm³/mol. The van der Waals surface area contributed by atoms with E-state index < -0.39 is 0 Å². The molecule has 1 heterocycles. The van der Waals surface area contributed by atoms with E-state index in [2.05, 4.69) is 19.9 Å². The zero-order valence-corrected chi connectivity index (χ0v) is 8.76. The topological polar surface area (TPSA) is 26.3 Å². The molecule has 1 aliphatic rings. The molecule has 0 N–H and O–H groups in total. The summed E-state index contributed by atoms with van der Waals surface area (Å²) in [6.07, 6.45) is 0.462. The van der Waals surface area contributed by atoms with E-state index in [1.807, 2.05) is 19.1 Å². The van der Waals surface area contributed by atoms with Gasteiger partial charge in [0.2, 0.25) is 0 Å². The fourth-order valence-electron chi connectivity index (χ4n) is 1.88. The largest absolute Gasteiger partial charge is 0.426 e. The van der Waals surface area contributed by atoms with Gasteiger partial charge in [0.05, 0.1) is 6.42 Å². The highest BCUT2D eigenvalue weighted by Crippen LogP contribution is 2.38. The molecular weight excluding hydrogens is 176 g/mol. The smallest absolute Gasteiger partial charge is 0.312 e. The van der Waals surface area contributed by atoms with E-state index in [4.69, 9.17) is 4.74 Å². The van der Waals surface area contributed by atoms with Crippen molar-refractivity contribution < 1.29 is 9.53 Å². The summed E-state index contributed by atoms with van der Waals surface area (Å²) >= 11 is 0. The Hall–Kier alpha value is -1.31. The van der Waals surface area contributed by atoms with Crippen LogP contribution in [0.4, 0.5) is 0 Å². The Kier molecular flexibility index (Phi) is 1.88. The van der Waals surface area contributed by atoms with Gasteiger partial charge < -0.3 is 4.74 Å². The lowest BCUT2D eigenvalue weighted by Gasteiger charge is -2.31. The van der Waals surface area contributed by atoms with Gasteiger partial charge in [-0.05, 0) is 13.0 Å². The maximum Gasteiger partial charge on any atom is 0.312 e. The van der Waals surface area contributed by atoms with Crippen molar-refractivity contribution in [3.05, 3.63) is 29.3 Å². The Morgan fingerprint density at radius 1 is 1.36 bits per heavy atom. The third kappa shape index (κ3) is 1.41. The Bertz CT molecular complexity index is 391. The molecule has 0 spiro atoms. The van der Waals surface area contributed by atoms with E-state index in [1.165, 1.54) is 5.56 Å². The number of hydrogen-bond donors (Lipinski definition) is 0. The second kappa shape index (κ2) is 2.84. The van der Waals surface area contributed by atoms with E-state index >= 15 is 0 Å². The van der Waals surface area contributed by atoms with Crippen LogP contribution in [-0.4, -0.2) is 5.97 Å². The Balaban J connectivity index is 2.58. The molecule has 0 saturated heterocycles. The Morgan fingerprint density at radius 2 is 2.07 bits per heavy atom. The van der Waals surface area contributed by atoms with Gasteiger partial charge >= 0.3 is 5.97 Å². The Morgan fingerprint density at radius 3 is 2.79 bits per heavy atom. The van der Waals surface area contributed by atoms with Gasteiger partial charge in [0.15, 0.2) is 0 Å². The lowest BCUT2D eigenvalue weighted by Crippen LogP contribution is -2.30. The van der Waals surface area contributed by atoms with Gasteiger partial charge in [-0.1, -0.05) is 31.5 Å². The monoisotopic (exact) mass is 190 g/mol. The van der Waals surface area contributed by atoms with E-state index in [9.17, 15) is 4.79 Å². The van der Waals surface area contributed by atoms with Gasteiger partial charge in [0.25, 0.3) is 0 Å². The molecule has 0 fully saturated rings. The zero-order chi connectivity index (χ0) is 10.3. The number of rotatable bonds is 0. The minimum atomic E-state index is -0.133. The van der Waals surface area contributed by atoms with Gasteiger partial charge in [-0.15, -0.1) is 0 Å². The van der Waals surface area contributed by atoms with Crippen molar-refractivity contribution in [2.45, 2.75) is 32.6 Å². The van der Waals surface area contributed by atoms with Crippen LogP contribution >= 0.6 is 0 Å².